The zero-order valence-corrected chi connectivity index (χ0v) is 11.3. The molecule has 7 nitrogen and oxygen atoms in total. The fourth-order valence-corrected chi connectivity index (χ4v) is 2.26. The van der Waals surface area contributed by atoms with E-state index in [9.17, 15) is 14.9 Å². The molecular formula is C13H18N4O3. The second kappa shape index (κ2) is 5.46. The lowest BCUT2D eigenvalue weighted by Gasteiger charge is -2.22. The number of likely N-dealkylation sites (tertiary alicyclic amines) is 1. The highest BCUT2D eigenvalue weighted by atomic mass is 16.6. The summed E-state index contributed by atoms with van der Waals surface area (Å²) in [7, 11) is 0. The van der Waals surface area contributed by atoms with Gasteiger partial charge in [0.25, 0.3) is 5.69 Å². The number of nitro groups is 1. The highest BCUT2D eigenvalue weighted by Crippen LogP contribution is 2.29. The van der Waals surface area contributed by atoms with Gasteiger partial charge >= 0.3 is 6.03 Å². The largest absolute Gasteiger partial charge is 0.330 e. The van der Waals surface area contributed by atoms with Crippen molar-refractivity contribution in [3.05, 3.63) is 34.4 Å². The lowest BCUT2D eigenvalue weighted by molar-refractivity contribution is -0.384. The third kappa shape index (κ3) is 3.05. The van der Waals surface area contributed by atoms with Crippen molar-refractivity contribution in [2.45, 2.75) is 13.3 Å². The van der Waals surface area contributed by atoms with E-state index in [1.54, 1.807) is 17.0 Å². The number of urea groups is 1. The Morgan fingerprint density at radius 2 is 2.35 bits per heavy atom. The van der Waals surface area contributed by atoms with Crippen LogP contribution < -0.4 is 11.1 Å². The van der Waals surface area contributed by atoms with Crippen molar-refractivity contribution in [1.29, 1.82) is 0 Å². The SMILES string of the molecule is CC1(CN)CCN(C(=O)Nc2cccc([N+](=O)[O-])c2)C1. The Labute approximate surface area is 116 Å². The van der Waals surface area contributed by atoms with Crippen molar-refractivity contribution in [2.75, 3.05) is 25.0 Å². The van der Waals surface area contributed by atoms with Crippen LogP contribution in [0.4, 0.5) is 16.2 Å². The Morgan fingerprint density at radius 1 is 1.60 bits per heavy atom. The zero-order valence-electron chi connectivity index (χ0n) is 11.3. The number of carbonyl (C=O) groups is 1. The summed E-state index contributed by atoms with van der Waals surface area (Å²) in [5.41, 5.74) is 6.04. The van der Waals surface area contributed by atoms with Crippen molar-refractivity contribution in [3.8, 4) is 0 Å². The van der Waals surface area contributed by atoms with Crippen molar-refractivity contribution in [1.82, 2.24) is 4.90 Å². The van der Waals surface area contributed by atoms with Gasteiger partial charge in [-0.3, -0.25) is 10.1 Å². The van der Waals surface area contributed by atoms with E-state index >= 15 is 0 Å². The summed E-state index contributed by atoms with van der Waals surface area (Å²) in [6.45, 7) is 3.83. The molecule has 1 heterocycles. The number of hydrogen-bond acceptors (Lipinski definition) is 4. The van der Waals surface area contributed by atoms with Gasteiger partial charge in [-0.15, -0.1) is 0 Å². The van der Waals surface area contributed by atoms with Crippen LogP contribution in [0.15, 0.2) is 24.3 Å². The maximum atomic E-state index is 12.1. The van der Waals surface area contributed by atoms with Crippen LogP contribution >= 0.6 is 0 Å². The number of nitrogens with two attached hydrogens (primary N) is 1. The van der Waals surface area contributed by atoms with Gasteiger partial charge in [-0.25, -0.2) is 4.79 Å². The molecule has 1 aromatic carbocycles. The van der Waals surface area contributed by atoms with Gasteiger partial charge in [-0.1, -0.05) is 13.0 Å². The average molecular weight is 278 g/mol. The maximum Gasteiger partial charge on any atom is 0.321 e. The van der Waals surface area contributed by atoms with E-state index in [4.69, 9.17) is 5.73 Å². The van der Waals surface area contributed by atoms with Gasteiger partial charge in [0.1, 0.15) is 0 Å². The summed E-state index contributed by atoms with van der Waals surface area (Å²) >= 11 is 0. The van der Waals surface area contributed by atoms with Crippen LogP contribution in [0.1, 0.15) is 13.3 Å². The van der Waals surface area contributed by atoms with Crippen LogP contribution in [0.5, 0.6) is 0 Å². The topological polar surface area (TPSA) is 102 Å². The van der Waals surface area contributed by atoms with Crippen LogP contribution in [0.2, 0.25) is 0 Å². The first kappa shape index (κ1) is 14.3. The summed E-state index contributed by atoms with van der Waals surface area (Å²) in [5.74, 6) is 0. The molecule has 7 heteroatoms. The second-order valence-electron chi connectivity index (χ2n) is 5.42. The van der Waals surface area contributed by atoms with Crippen molar-refractivity contribution in [2.24, 2.45) is 11.1 Å². The third-order valence-electron chi connectivity index (χ3n) is 3.65. The Kier molecular flexibility index (Phi) is 3.89. The fourth-order valence-electron chi connectivity index (χ4n) is 2.26. The molecule has 1 fully saturated rings. The number of nitrogens with zero attached hydrogens (tertiary/aromatic N) is 2. The minimum Gasteiger partial charge on any atom is -0.330 e. The van der Waals surface area contributed by atoms with E-state index in [0.717, 1.165) is 6.42 Å². The summed E-state index contributed by atoms with van der Waals surface area (Å²) in [5, 5.41) is 13.4. The molecule has 0 bridgehead atoms. The number of rotatable bonds is 3. The van der Waals surface area contributed by atoms with Crippen molar-refractivity contribution in [3.63, 3.8) is 0 Å². The Bertz CT molecular complexity index is 534. The molecule has 0 spiro atoms. The van der Waals surface area contributed by atoms with E-state index in [0.29, 0.717) is 25.3 Å². The molecule has 0 saturated carbocycles. The summed E-state index contributed by atoms with van der Waals surface area (Å²) in [6.07, 6.45) is 0.867. The Hall–Kier alpha value is -2.15. The van der Waals surface area contributed by atoms with E-state index in [1.807, 2.05) is 6.92 Å². The molecule has 0 aromatic heterocycles. The molecule has 1 aliphatic heterocycles. The normalized spacial score (nSPS) is 21.8. The molecule has 1 aliphatic rings. The van der Waals surface area contributed by atoms with E-state index < -0.39 is 4.92 Å². The molecule has 2 rings (SSSR count). The van der Waals surface area contributed by atoms with Gasteiger partial charge in [-0.05, 0) is 24.4 Å². The average Bonchev–Trinajstić information content (AvgIpc) is 2.83. The predicted octanol–water partition coefficient (Wildman–Crippen LogP) is 1.80. The zero-order chi connectivity index (χ0) is 14.8. The first-order valence-corrected chi connectivity index (χ1v) is 6.44. The van der Waals surface area contributed by atoms with Crippen molar-refractivity contribution >= 4 is 17.4 Å². The van der Waals surface area contributed by atoms with Gasteiger partial charge in [0.05, 0.1) is 4.92 Å². The molecule has 1 aromatic rings. The highest BCUT2D eigenvalue weighted by Gasteiger charge is 2.34. The summed E-state index contributed by atoms with van der Waals surface area (Å²) in [4.78, 5) is 24.0. The van der Waals surface area contributed by atoms with Crippen LogP contribution in [0.3, 0.4) is 0 Å². The smallest absolute Gasteiger partial charge is 0.321 e. The van der Waals surface area contributed by atoms with E-state index in [-0.39, 0.29) is 17.1 Å². The van der Waals surface area contributed by atoms with Crippen molar-refractivity contribution < 1.29 is 9.72 Å². The number of benzene rings is 1. The minimum atomic E-state index is -0.489. The number of anilines is 1. The molecular weight excluding hydrogens is 260 g/mol. The van der Waals surface area contributed by atoms with Gasteiger partial charge in [0.2, 0.25) is 0 Å². The number of non-ortho nitro benzene ring substituents is 1. The Balaban J connectivity index is 2.02. The lowest BCUT2D eigenvalue weighted by Crippen LogP contribution is -2.36. The van der Waals surface area contributed by atoms with Gasteiger partial charge < -0.3 is 16.0 Å². The predicted molar refractivity (Wildman–Crippen MR) is 75.5 cm³/mol. The van der Waals surface area contributed by atoms with E-state index in [2.05, 4.69) is 5.32 Å². The van der Waals surface area contributed by atoms with Gasteiger partial charge in [-0.2, -0.15) is 0 Å². The molecule has 1 unspecified atom stereocenters. The molecule has 0 aliphatic carbocycles. The quantitative estimate of drug-likeness (QED) is 0.650. The van der Waals surface area contributed by atoms with Gasteiger partial charge in [0, 0.05) is 30.9 Å². The maximum absolute atomic E-state index is 12.1. The fraction of sp³-hybridized carbons (Fsp3) is 0.462. The number of hydrogen-bond donors (Lipinski definition) is 2. The molecule has 1 saturated heterocycles. The highest BCUT2D eigenvalue weighted by molar-refractivity contribution is 5.89. The summed E-state index contributed by atoms with van der Waals surface area (Å²) in [6, 6.07) is 5.65. The first-order chi connectivity index (χ1) is 9.43. The van der Waals surface area contributed by atoms with Crippen LogP contribution in [-0.4, -0.2) is 35.5 Å². The summed E-state index contributed by atoms with van der Waals surface area (Å²) < 4.78 is 0. The number of carbonyl (C=O) groups excluding carboxylic acids is 1. The van der Waals surface area contributed by atoms with E-state index in [1.165, 1.54) is 12.1 Å². The standard InChI is InChI=1S/C13H18N4O3/c1-13(8-14)5-6-16(9-13)12(18)15-10-3-2-4-11(7-10)17(19)20/h2-4,7H,5-6,8-9,14H2,1H3,(H,15,18). The molecule has 3 N–H and O–H groups in total. The monoisotopic (exact) mass is 278 g/mol. The number of nitrogens with one attached hydrogen (secondary N) is 1. The minimum absolute atomic E-state index is 0.0416. The first-order valence-electron chi connectivity index (χ1n) is 6.44. The third-order valence-corrected chi connectivity index (χ3v) is 3.65. The lowest BCUT2D eigenvalue weighted by atomic mass is 9.90. The molecule has 2 amide bonds. The van der Waals surface area contributed by atoms with Gasteiger partial charge in [0.15, 0.2) is 0 Å². The van der Waals surface area contributed by atoms with Crippen LogP contribution in [-0.2, 0) is 0 Å². The molecule has 108 valence electrons. The molecule has 20 heavy (non-hydrogen) atoms. The van der Waals surface area contributed by atoms with Crippen LogP contribution in [0.25, 0.3) is 0 Å². The Morgan fingerprint density at radius 3 is 2.95 bits per heavy atom. The molecule has 1 atom stereocenters. The molecule has 0 radical (unpaired) electrons. The van der Waals surface area contributed by atoms with Crippen LogP contribution in [0, 0.1) is 15.5 Å². The second-order valence-corrected chi connectivity index (χ2v) is 5.42. The number of nitro benzene ring substituents is 1. The number of amides is 2.